The lowest BCUT2D eigenvalue weighted by atomic mass is 10.1. The molecule has 92 valence electrons. The van der Waals surface area contributed by atoms with E-state index in [1.54, 1.807) is 6.07 Å². The van der Waals surface area contributed by atoms with Gasteiger partial charge in [-0.05, 0) is 42.7 Å². The van der Waals surface area contributed by atoms with E-state index in [2.05, 4.69) is 0 Å². The van der Waals surface area contributed by atoms with Gasteiger partial charge in [-0.25, -0.2) is 4.79 Å². The van der Waals surface area contributed by atoms with Gasteiger partial charge in [0.2, 0.25) is 0 Å². The van der Waals surface area contributed by atoms with Crippen molar-refractivity contribution in [1.82, 2.24) is 4.57 Å². The predicted octanol–water partition coefficient (Wildman–Crippen LogP) is 3.84. The van der Waals surface area contributed by atoms with Gasteiger partial charge in [0.05, 0.1) is 0 Å². The summed E-state index contributed by atoms with van der Waals surface area (Å²) in [6.45, 7) is 0. The van der Waals surface area contributed by atoms with Crippen LogP contribution in [0.15, 0.2) is 36.4 Å². The summed E-state index contributed by atoms with van der Waals surface area (Å²) in [7, 11) is 0. The summed E-state index contributed by atoms with van der Waals surface area (Å²) >= 11 is 5.87. The van der Waals surface area contributed by atoms with Crippen molar-refractivity contribution in [3.8, 4) is 11.3 Å². The minimum absolute atomic E-state index is 0.330. The highest BCUT2D eigenvalue weighted by molar-refractivity contribution is 6.30. The molecule has 1 heterocycles. The second-order valence-electron chi connectivity index (χ2n) is 4.52. The van der Waals surface area contributed by atoms with E-state index in [9.17, 15) is 9.90 Å². The zero-order valence-corrected chi connectivity index (χ0v) is 10.4. The third-order valence-corrected chi connectivity index (χ3v) is 3.44. The Hall–Kier alpha value is -1.74. The molecule has 1 aliphatic carbocycles. The molecule has 3 nitrogen and oxygen atoms in total. The summed E-state index contributed by atoms with van der Waals surface area (Å²) in [6, 6.07) is 11.3. The maximum atomic E-state index is 11.2. The third kappa shape index (κ3) is 1.91. The van der Waals surface area contributed by atoms with Gasteiger partial charge in [-0.3, -0.25) is 0 Å². The number of carboxylic acids is 1. The first kappa shape index (κ1) is 11.4. The van der Waals surface area contributed by atoms with Gasteiger partial charge in [0, 0.05) is 16.8 Å². The lowest BCUT2D eigenvalue weighted by Crippen LogP contribution is -2.08. The van der Waals surface area contributed by atoms with Crippen LogP contribution in [0.4, 0.5) is 0 Å². The van der Waals surface area contributed by atoms with E-state index in [4.69, 9.17) is 11.6 Å². The number of carboxylic acid groups (broad SMARTS) is 1. The number of benzene rings is 1. The number of aromatic carboxylic acids is 1. The van der Waals surface area contributed by atoms with Gasteiger partial charge >= 0.3 is 5.97 Å². The Labute approximate surface area is 110 Å². The van der Waals surface area contributed by atoms with E-state index in [1.807, 2.05) is 34.9 Å². The molecule has 2 aromatic rings. The van der Waals surface area contributed by atoms with Gasteiger partial charge in [0.15, 0.2) is 0 Å². The summed E-state index contributed by atoms with van der Waals surface area (Å²) in [4.78, 5) is 11.2. The Morgan fingerprint density at radius 3 is 2.39 bits per heavy atom. The summed E-state index contributed by atoms with van der Waals surface area (Å²) in [5, 5.41) is 9.89. The fourth-order valence-electron chi connectivity index (χ4n) is 2.20. The molecule has 1 aromatic carbocycles. The van der Waals surface area contributed by atoms with Crippen LogP contribution >= 0.6 is 11.6 Å². The summed E-state index contributed by atoms with van der Waals surface area (Å²) < 4.78 is 1.92. The van der Waals surface area contributed by atoms with Crippen LogP contribution in [0.2, 0.25) is 5.02 Å². The SMILES string of the molecule is O=C(O)c1ccc(-c2ccc(Cl)cc2)n1C1CC1. The van der Waals surface area contributed by atoms with Gasteiger partial charge in [-0.1, -0.05) is 23.7 Å². The van der Waals surface area contributed by atoms with E-state index >= 15 is 0 Å². The van der Waals surface area contributed by atoms with Crippen LogP contribution in [0.1, 0.15) is 29.4 Å². The molecular weight excluding hydrogens is 250 g/mol. The molecule has 0 saturated heterocycles. The Kier molecular flexibility index (Phi) is 2.63. The van der Waals surface area contributed by atoms with Crippen molar-refractivity contribution < 1.29 is 9.90 Å². The van der Waals surface area contributed by atoms with Gasteiger partial charge in [-0.2, -0.15) is 0 Å². The van der Waals surface area contributed by atoms with Crippen molar-refractivity contribution >= 4 is 17.6 Å². The molecule has 1 fully saturated rings. The number of halogens is 1. The summed E-state index contributed by atoms with van der Waals surface area (Å²) in [6.07, 6.45) is 2.10. The molecule has 0 aliphatic heterocycles. The van der Waals surface area contributed by atoms with Crippen molar-refractivity contribution in [3.05, 3.63) is 47.1 Å². The average molecular weight is 262 g/mol. The van der Waals surface area contributed by atoms with E-state index in [0.717, 1.165) is 24.1 Å². The van der Waals surface area contributed by atoms with Crippen molar-refractivity contribution in [2.45, 2.75) is 18.9 Å². The smallest absolute Gasteiger partial charge is 0.352 e. The fraction of sp³-hybridized carbons (Fsp3) is 0.214. The molecule has 1 N–H and O–H groups in total. The van der Waals surface area contributed by atoms with E-state index in [-0.39, 0.29) is 0 Å². The summed E-state index contributed by atoms with van der Waals surface area (Å²) in [5.41, 5.74) is 2.31. The molecule has 0 atom stereocenters. The zero-order chi connectivity index (χ0) is 12.7. The molecule has 3 rings (SSSR count). The zero-order valence-electron chi connectivity index (χ0n) is 9.64. The van der Waals surface area contributed by atoms with Crippen molar-refractivity contribution in [3.63, 3.8) is 0 Å². The summed E-state index contributed by atoms with van der Waals surface area (Å²) in [5.74, 6) is -0.873. The molecule has 1 saturated carbocycles. The van der Waals surface area contributed by atoms with Gasteiger partial charge in [0.25, 0.3) is 0 Å². The topological polar surface area (TPSA) is 42.2 Å². The Morgan fingerprint density at radius 2 is 1.83 bits per heavy atom. The van der Waals surface area contributed by atoms with Gasteiger partial charge in [-0.15, -0.1) is 0 Å². The van der Waals surface area contributed by atoms with Crippen LogP contribution in [0, 0.1) is 0 Å². The molecular formula is C14H12ClNO2. The first-order valence-electron chi connectivity index (χ1n) is 5.87. The van der Waals surface area contributed by atoms with E-state index in [1.165, 1.54) is 0 Å². The second kappa shape index (κ2) is 4.18. The highest BCUT2D eigenvalue weighted by atomic mass is 35.5. The average Bonchev–Trinajstić information content (AvgIpc) is 3.09. The minimum atomic E-state index is -0.873. The number of nitrogens with zero attached hydrogens (tertiary/aromatic N) is 1. The second-order valence-corrected chi connectivity index (χ2v) is 4.95. The fourth-order valence-corrected chi connectivity index (χ4v) is 2.33. The number of hydrogen-bond donors (Lipinski definition) is 1. The lowest BCUT2D eigenvalue weighted by Gasteiger charge is -2.10. The maximum absolute atomic E-state index is 11.2. The van der Waals surface area contributed by atoms with Crippen LogP contribution in [-0.4, -0.2) is 15.6 Å². The monoisotopic (exact) mass is 261 g/mol. The number of hydrogen-bond acceptors (Lipinski definition) is 1. The van der Waals surface area contributed by atoms with Crippen LogP contribution in [0.25, 0.3) is 11.3 Å². The van der Waals surface area contributed by atoms with Crippen LogP contribution < -0.4 is 0 Å². The molecule has 0 amide bonds. The number of aromatic nitrogens is 1. The maximum Gasteiger partial charge on any atom is 0.352 e. The van der Waals surface area contributed by atoms with E-state index in [0.29, 0.717) is 16.8 Å². The first-order valence-corrected chi connectivity index (χ1v) is 6.25. The van der Waals surface area contributed by atoms with Gasteiger partial charge < -0.3 is 9.67 Å². The van der Waals surface area contributed by atoms with Crippen molar-refractivity contribution in [2.75, 3.05) is 0 Å². The highest BCUT2D eigenvalue weighted by Crippen LogP contribution is 2.40. The largest absolute Gasteiger partial charge is 0.477 e. The number of rotatable bonds is 3. The molecule has 0 spiro atoms. The minimum Gasteiger partial charge on any atom is -0.477 e. The normalized spacial score (nSPS) is 14.7. The quantitative estimate of drug-likeness (QED) is 0.912. The number of carbonyl (C=O) groups is 1. The Balaban J connectivity index is 2.11. The van der Waals surface area contributed by atoms with Crippen LogP contribution in [0.5, 0.6) is 0 Å². The molecule has 0 unspecified atom stereocenters. The highest BCUT2D eigenvalue weighted by Gasteiger charge is 2.29. The molecule has 0 bridgehead atoms. The Morgan fingerprint density at radius 1 is 1.17 bits per heavy atom. The molecule has 0 radical (unpaired) electrons. The van der Waals surface area contributed by atoms with Crippen molar-refractivity contribution in [1.29, 1.82) is 0 Å². The third-order valence-electron chi connectivity index (χ3n) is 3.19. The predicted molar refractivity (Wildman–Crippen MR) is 70.1 cm³/mol. The van der Waals surface area contributed by atoms with E-state index < -0.39 is 5.97 Å². The van der Waals surface area contributed by atoms with Crippen LogP contribution in [0.3, 0.4) is 0 Å². The molecule has 18 heavy (non-hydrogen) atoms. The standard InChI is InChI=1S/C14H12ClNO2/c15-10-3-1-9(2-4-10)12-7-8-13(14(17)18)16(12)11-5-6-11/h1-4,7-8,11H,5-6H2,(H,17,18). The molecule has 1 aromatic heterocycles. The van der Waals surface area contributed by atoms with Crippen LogP contribution in [-0.2, 0) is 0 Å². The molecule has 1 aliphatic rings. The first-order chi connectivity index (χ1) is 8.66. The molecule has 4 heteroatoms. The Bertz CT molecular complexity index is 597. The lowest BCUT2D eigenvalue weighted by molar-refractivity contribution is 0.0685. The van der Waals surface area contributed by atoms with Crippen molar-refractivity contribution in [2.24, 2.45) is 0 Å². The van der Waals surface area contributed by atoms with Gasteiger partial charge in [0.1, 0.15) is 5.69 Å².